The average molecular weight is 182 g/mol. The van der Waals surface area contributed by atoms with E-state index in [0.717, 1.165) is 0 Å². The summed E-state index contributed by atoms with van der Waals surface area (Å²) in [5.74, 6) is -0.702. The van der Waals surface area contributed by atoms with Crippen molar-refractivity contribution in [2.45, 2.75) is 6.92 Å². The fourth-order valence-electron chi connectivity index (χ4n) is 0.944. The van der Waals surface area contributed by atoms with Crippen LogP contribution in [0.5, 0.6) is 0 Å². The van der Waals surface area contributed by atoms with Gasteiger partial charge in [0.15, 0.2) is 0 Å². The molecule has 0 aromatic heterocycles. The predicted molar refractivity (Wildman–Crippen MR) is 48.8 cm³/mol. The first-order valence-corrected chi connectivity index (χ1v) is 3.88. The van der Waals surface area contributed by atoms with Crippen molar-refractivity contribution in [3.05, 3.63) is 29.6 Å². The van der Waals surface area contributed by atoms with E-state index < -0.39 is 5.91 Å². The van der Waals surface area contributed by atoms with Gasteiger partial charge in [-0.15, -0.1) is 0 Å². The summed E-state index contributed by atoms with van der Waals surface area (Å²) in [6.45, 7) is 1.72. The zero-order valence-corrected chi connectivity index (χ0v) is 7.30. The Morgan fingerprint density at radius 2 is 2.31 bits per heavy atom. The maximum atomic E-state index is 12.8. The molecule has 0 aliphatic heterocycles. The van der Waals surface area contributed by atoms with Gasteiger partial charge in [0.25, 0.3) is 0 Å². The number of aryl methyl sites for hydroxylation is 1. The summed E-state index contributed by atoms with van der Waals surface area (Å²) in [5.41, 5.74) is 6.16. The van der Waals surface area contributed by atoms with Crippen LogP contribution in [0.25, 0.3) is 0 Å². The molecule has 0 saturated heterocycles. The highest BCUT2D eigenvalue weighted by Crippen LogP contribution is 2.12. The quantitative estimate of drug-likeness (QED) is 0.733. The Morgan fingerprint density at radius 3 is 2.85 bits per heavy atom. The van der Waals surface area contributed by atoms with E-state index >= 15 is 0 Å². The summed E-state index contributed by atoms with van der Waals surface area (Å²) in [7, 11) is 0. The first kappa shape index (κ1) is 9.51. The molecule has 13 heavy (non-hydrogen) atoms. The van der Waals surface area contributed by atoms with Crippen LogP contribution < -0.4 is 11.1 Å². The van der Waals surface area contributed by atoms with E-state index in [4.69, 9.17) is 5.73 Å². The average Bonchev–Trinajstić information content (AvgIpc) is 2.07. The molecule has 0 aliphatic carbocycles. The van der Waals surface area contributed by atoms with Crippen molar-refractivity contribution in [2.75, 3.05) is 11.9 Å². The van der Waals surface area contributed by atoms with Gasteiger partial charge in [0.2, 0.25) is 5.91 Å². The zero-order valence-electron chi connectivity index (χ0n) is 7.30. The standard InChI is InChI=1S/C9H11FN2O/c1-6-4-7(2-3-8(6)10)12-5-9(11)13/h2-4,12H,5H2,1H3,(H2,11,13). The van der Waals surface area contributed by atoms with Gasteiger partial charge in [-0.05, 0) is 30.7 Å². The summed E-state index contributed by atoms with van der Waals surface area (Å²) < 4.78 is 12.8. The highest BCUT2D eigenvalue weighted by molar-refractivity contribution is 5.78. The lowest BCUT2D eigenvalue weighted by Gasteiger charge is -2.04. The number of hydrogen-bond acceptors (Lipinski definition) is 2. The molecule has 1 rings (SSSR count). The van der Waals surface area contributed by atoms with Crippen molar-refractivity contribution >= 4 is 11.6 Å². The van der Waals surface area contributed by atoms with Crippen molar-refractivity contribution in [1.29, 1.82) is 0 Å². The van der Waals surface area contributed by atoms with E-state index in [-0.39, 0.29) is 12.4 Å². The molecule has 0 unspecified atom stereocenters. The van der Waals surface area contributed by atoms with Crippen LogP contribution in [0.3, 0.4) is 0 Å². The third-order valence-corrected chi connectivity index (χ3v) is 1.62. The fourth-order valence-corrected chi connectivity index (χ4v) is 0.944. The number of amides is 1. The molecule has 0 heterocycles. The predicted octanol–water partition coefficient (Wildman–Crippen LogP) is 1.03. The molecular formula is C9H11FN2O. The zero-order chi connectivity index (χ0) is 9.84. The molecule has 1 amide bonds. The van der Waals surface area contributed by atoms with Crippen LogP contribution in [-0.4, -0.2) is 12.5 Å². The van der Waals surface area contributed by atoms with Crippen LogP contribution in [0.4, 0.5) is 10.1 Å². The molecule has 0 saturated carbocycles. The first-order chi connectivity index (χ1) is 6.09. The van der Waals surface area contributed by atoms with Gasteiger partial charge in [0.05, 0.1) is 6.54 Å². The molecular weight excluding hydrogens is 171 g/mol. The smallest absolute Gasteiger partial charge is 0.236 e. The molecule has 0 bridgehead atoms. The third kappa shape index (κ3) is 2.74. The van der Waals surface area contributed by atoms with Gasteiger partial charge in [-0.2, -0.15) is 0 Å². The van der Waals surface area contributed by atoms with E-state index in [1.807, 2.05) is 0 Å². The Hall–Kier alpha value is -1.58. The Bertz CT molecular complexity index is 325. The van der Waals surface area contributed by atoms with E-state index in [2.05, 4.69) is 5.32 Å². The van der Waals surface area contributed by atoms with Crippen molar-refractivity contribution in [3.8, 4) is 0 Å². The molecule has 0 spiro atoms. The van der Waals surface area contributed by atoms with Gasteiger partial charge in [-0.25, -0.2) is 4.39 Å². The number of benzene rings is 1. The SMILES string of the molecule is Cc1cc(NCC(N)=O)ccc1F. The summed E-state index contributed by atoms with van der Waals surface area (Å²) in [5, 5.41) is 2.77. The van der Waals surface area contributed by atoms with Crippen LogP contribution in [-0.2, 0) is 4.79 Å². The second-order valence-corrected chi connectivity index (χ2v) is 2.78. The Morgan fingerprint density at radius 1 is 1.62 bits per heavy atom. The van der Waals surface area contributed by atoms with Gasteiger partial charge in [0.1, 0.15) is 5.82 Å². The number of primary amides is 1. The highest BCUT2D eigenvalue weighted by atomic mass is 19.1. The van der Waals surface area contributed by atoms with Gasteiger partial charge >= 0.3 is 0 Å². The van der Waals surface area contributed by atoms with Crippen LogP contribution in [0, 0.1) is 12.7 Å². The van der Waals surface area contributed by atoms with Crippen molar-refractivity contribution < 1.29 is 9.18 Å². The lowest BCUT2D eigenvalue weighted by atomic mass is 10.2. The molecule has 0 aliphatic rings. The van der Waals surface area contributed by atoms with Gasteiger partial charge in [0, 0.05) is 5.69 Å². The van der Waals surface area contributed by atoms with Gasteiger partial charge in [-0.1, -0.05) is 0 Å². The molecule has 3 nitrogen and oxygen atoms in total. The number of rotatable bonds is 3. The molecule has 0 radical (unpaired) electrons. The van der Waals surface area contributed by atoms with Gasteiger partial charge < -0.3 is 11.1 Å². The summed E-state index contributed by atoms with van der Waals surface area (Å²) >= 11 is 0. The maximum absolute atomic E-state index is 12.8. The van der Waals surface area contributed by atoms with E-state index in [9.17, 15) is 9.18 Å². The fraction of sp³-hybridized carbons (Fsp3) is 0.222. The first-order valence-electron chi connectivity index (χ1n) is 3.88. The molecule has 0 fully saturated rings. The van der Waals surface area contributed by atoms with Crippen molar-refractivity contribution in [1.82, 2.24) is 0 Å². The number of anilines is 1. The highest BCUT2D eigenvalue weighted by Gasteiger charge is 1.99. The monoisotopic (exact) mass is 182 g/mol. The minimum atomic E-state index is -0.443. The second-order valence-electron chi connectivity index (χ2n) is 2.78. The lowest BCUT2D eigenvalue weighted by molar-refractivity contribution is -0.116. The number of hydrogen-bond donors (Lipinski definition) is 2. The number of nitrogens with two attached hydrogens (primary N) is 1. The molecule has 70 valence electrons. The summed E-state index contributed by atoms with van der Waals surface area (Å²) in [6.07, 6.45) is 0. The summed E-state index contributed by atoms with van der Waals surface area (Å²) in [4.78, 5) is 10.4. The molecule has 3 N–H and O–H groups in total. The van der Waals surface area contributed by atoms with Crippen LogP contribution in [0.15, 0.2) is 18.2 Å². The minimum Gasteiger partial charge on any atom is -0.376 e. The van der Waals surface area contributed by atoms with Gasteiger partial charge in [-0.3, -0.25) is 4.79 Å². The van der Waals surface area contributed by atoms with Crippen molar-refractivity contribution in [2.24, 2.45) is 5.73 Å². The number of halogens is 1. The molecule has 4 heteroatoms. The lowest BCUT2D eigenvalue weighted by Crippen LogP contribution is -2.21. The molecule has 1 aromatic carbocycles. The number of carbonyl (C=O) groups excluding carboxylic acids is 1. The second kappa shape index (κ2) is 3.89. The maximum Gasteiger partial charge on any atom is 0.236 e. The molecule has 1 aromatic rings. The normalized spacial score (nSPS) is 9.69. The van der Waals surface area contributed by atoms with Crippen LogP contribution in [0.2, 0.25) is 0 Å². The topological polar surface area (TPSA) is 55.1 Å². The van der Waals surface area contributed by atoms with Crippen LogP contribution >= 0.6 is 0 Å². The largest absolute Gasteiger partial charge is 0.376 e. The minimum absolute atomic E-state index is 0.0606. The van der Waals surface area contributed by atoms with E-state index in [0.29, 0.717) is 11.3 Å². The third-order valence-electron chi connectivity index (χ3n) is 1.62. The van der Waals surface area contributed by atoms with Crippen LogP contribution in [0.1, 0.15) is 5.56 Å². The van der Waals surface area contributed by atoms with E-state index in [1.54, 1.807) is 19.1 Å². The Balaban J connectivity index is 2.68. The molecule has 0 atom stereocenters. The van der Waals surface area contributed by atoms with Crippen molar-refractivity contribution in [3.63, 3.8) is 0 Å². The summed E-state index contributed by atoms with van der Waals surface area (Å²) in [6, 6.07) is 4.53. The Labute approximate surface area is 75.7 Å². The Kier molecular flexibility index (Phi) is 2.84. The van der Waals surface area contributed by atoms with E-state index in [1.165, 1.54) is 6.07 Å². The number of carbonyl (C=O) groups is 1. The number of nitrogens with one attached hydrogen (secondary N) is 1.